The van der Waals surface area contributed by atoms with Crippen LogP contribution < -0.4 is 5.73 Å². The number of carbonyl (C=O) groups excluding carboxylic acids is 1. The number of amides is 1. The predicted octanol–water partition coefficient (Wildman–Crippen LogP) is 2.24. The Morgan fingerprint density at radius 1 is 1.50 bits per heavy atom. The fraction of sp³-hybridized carbons (Fsp3) is 0.636. The molecule has 1 rings (SSSR count). The van der Waals surface area contributed by atoms with Crippen LogP contribution in [0, 0.1) is 12.3 Å². The minimum absolute atomic E-state index is 0. The van der Waals surface area contributed by atoms with Crippen molar-refractivity contribution in [3.05, 3.63) is 16.1 Å². The molecule has 18 heavy (non-hydrogen) atoms. The van der Waals surface area contributed by atoms with Crippen molar-refractivity contribution in [3.8, 4) is 0 Å². The summed E-state index contributed by atoms with van der Waals surface area (Å²) in [5.74, 6) is 0.0720. The van der Waals surface area contributed by atoms with Gasteiger partial charge in [-0.15, -0.1) is 36.2 Å². The van der Waals surface area contributed by atoms with E-state index in [1.165, 1.54) is 0 Å². The number of nitrogens with zero attached hydrogens (tertiary/aromatic N) is 2. The average molecular weight is 314 g/mol. The van der Waals surface area contributed by atoms with Gasteiger partial charge in [-0.3, -0.25) is 4.79 Å². The largest absolute Gasteiger partial charge is 0.340 e. The third-order valence-corrected chi connectivity index (χ3v) is 3.58. The highest BCUT2D eigenvalue weighted by atomic mass is 35.5. The maximum Gasteiger partial charge on any atom is 0.229 e. The maximum absolute atomic E-state index is 12.1. The van der Waals surface area contributed by atoms with Crippen molar-refractivity contribution >= 4 is 42.1 Å². The van der Waals surface area contributed by atoms with Crippen molar-refractivity contribution in [2.45, 2.75) is 27.3 Å². The first-order chi connectivity index (χ1) is 7.38. The zero-order valence-electron chi connectivity index (χ0n) is 11.1. The van der Waals surface area contributed by atoms with E-state index in [2.05, 4.69) is 4.98 Å². The first kappa shape index (κ1) is 20.0. The zero-order chi connectivity index (χ0) is 12.3. The van der Waals surface area contributed by atoms with E-state index in [0.29, 0.717) is 13.1 Å². The minimum Gasteiger partial charge on any atom is -0.340 e. The van der Waals surface area contributed by atoms with Gasteiger partial charge in [0.15, 0.2) is 0 Å². The van der Waals surface area contributed by atoms with Gasteiger partial charge in [0.25, 0.3) is 0 Å². The molecule has 0 unspecified atom stereocenters. The van der Waals surface area contributed by atoms with E-state index < -0.39 is 5.41 Å². The van der Waals surface area contributed by atoms with Crippen molar-refractivity contribution in [3.63, 3.8) is 0 Å². The molecule has 0 spiro atoms. The molecule has 106 valence electrons. The van der Waals surface area contributed by atoms with Gasteiger partial charge < -0.3 is 10.6 Å². The number of carbonyl (C=O) groups is 1. The van der Waals surface area contributed by atoms with Crippen LogP contribution in [0.3, 0.4) is 0 Å². The Kier molecular flexibility index (Phi) is 8.81. The Morgan fingerprint density at radius 2 is 2.06 bits per heavy atom. The van der Waals surface area contributed by atoms with E-state index in [-0.39, 0.29) is 30.7 Å². The number of aryl methyl sites for hydroxylation is 1. The predicted molar refractivity (Wildman–Crippen MR) is 80.7 cm³/mol. The molecule has 0 aromatic carbocycles. The average Bonchev–Trinajstić information content (AvgIpc) is 2.63. The van der Waals surface area contributed by atoms with E-state index in [1.807, 2.05) is 20.8 Å². The van der Waals surface area contributed by atoms with Crippen molar-refractivity contribution < 1.29 is 4.79 Å². The second-order valence-corrected chi connectivity index (χ2v) is 5.55. The number of hydrogen-bond donors (Lipinski definition) is 1. The van der Waals surface area contributed by atoms with Crippen LogP contribution in [0.25, 0.3) is 0 Å². The molecule has 0 radical (unpaired) electrons. The third kappa shape index (κ3) is 4.72. The number of nitrogens with two attached hydrogens (primary N) is 1. The highest BCUT2D eigenvalue weighted by Gasteiger charge is 2.29. The first-order valence-electron chi connectivity index (χ1n) is 5.23. The molecule has 0 saturated carbocycles. The fourth-order valence-electron chi connectivity index (χ4n) is 1.37. The third-order valence-electron chi connectivity index (χ3n) is 2.66. The van der Waals surface area contributed by atoms with Crippen LogP contribution in [0.2, 0.25) is 0 Å². The molecule has 0 atom stereocenters. The van der Waals surface area contributed by atoms with Gasteiger partial charge in [-0.05, 0) is 20.8 Å². The molecule has 4 nitrogen and oxygen atoms in total. The van der Waals surface area contributed by atoms with Gasteiger partial charge in [-0.1, -0.05) is 0 Å². The summed E-state index contributed by atoms with van der Waals surface area (Å²) in [6.07, 6.45) is 0. The maximum atomic E-state index is 12.1. The van der Waals surface area contributed by atoms with E-state index in [0.717, 1.165) is 10.6 Å². The summed E-state index contributed by atoms with van der Waals surface area (Å²) in [5.41, 5.74) is 7.90. The summed E-state index contributed by atoms with van der Waals surface area (Å²) >= 11 is 1.58. The van der Waals surface area contributed by atoms with Crippen LogP contribution >= 0.6 is 36.2 Å². The Bertz CT molecular complexity index is 382. The quantitative estimate of drug-likeness (QED) is 0.927. The second-order valence-electron chi connectivity index (χ2n) is 4.61. The fourth-order valence-corrected chi connectivity index (χ4v) is 2.20. The topological polar surface area (TPSA) is 59.2 Å². The summed E-state index contributed by atoms with van der Waals surface area (Å²) < 4.78 is 0. The molecule has 0 saturated heterocycles. The molecule has 0 aliphatic carbocycles. The Balaban J connectivity index is 0. The van der Waals surface area contributed by atoms with E-state index in [4.69, 9.17) is 5.73 Å². The van der Waals surface area contributed by atoms with Crippen LogP contribution in [-0.2, 0) is 11.3 Å². The lowest BCUT2D eigenvalue weighted by atomic mass is 9.92. The first-order valence-corrected chi connectivity index (χ1v) is 6.11. The van der Waals surface area contributed by atoms with Gasteiger partial charge in [0.05, 0.1) is 23.2 Å². The number of rotatable bonds is 4. The van der Waals surface area contributed by atoms with E-state index >= 15 is 0 Å². The van der Waals surface area contributed by atoms with Crippen molar-refractivity contribution in [2.24, 2.45) is 11.1 Å². The number of thiazole rings is 1. The number of hydrogen-bond acceptors (Lipinski definition) is 4. The van der Waals surface area contributed by atoms with E-state index in [1.54, 1.807) is 28.8 Å². The highest BCUT2D eigenvalue weighted by Crippen LogP contribution is 2.20. The van der Waals surface area contributed by atoms with Gasteiger partial charge in [0.2, 0.25) is 5.91 Å². The summed E-state index contributed by atoms with van der Waals surface area (Å²) in [6, 6.07) is 0. The molecular formula is C11H21Cl2N3OS. The van der Waals surface area contributed by atoms with Gasteiger partial charge in [-0.2, -0.15) is 0 Å². The molecule has 1 aromatic heterocycles. The van der Waals surface area contributed by atoms with Crippen LogP contribution in [0.5, 0.6) is 0 Å². The summed E-state index contributed by atoms with van der Waals surface area (Å²) in [4.78, 5) is 19.1. The molecular weight excluding hydrogens is 293 g/mol. The highest BCUT2D eigenvalue weighted by molar-refractivity contribution is 7.09. The molecule has 2 N–H and O–H groups in total. The second kappa shape index (κ2) is 7.94. The Labute approximate surface area is 125 Å². The molecule has 0 aliphatic rings. The van der Waals surface area contributed by atoms with Crippen molar-refractivity contribution in [1.29, 1.82) is 0 Å². The molecule has 1 heterocycles. The molecule has 0 fully saturated rings. The zero-order valence-corrected chi connectivity index (χ0v) is 13.5. The van der Waals surface area contributed by atoms with Crippen molar-refractivity contribution in [2.75, 3.05) is 13.6 Å². The SMILES string of the molecule is Cc1ncsc1CN(C)C(=O)C(C)(C)CN.Cl.Cl. The molecule has 0 bridgehead atoms. The van der Waals surface area contributed by atoms with Crippen molar-refractivity contribution in [1.82, 2.24) is 9.88 Å². The van der Waals surface area contributed by atoms with E-state index in [9.17, 15) is 4.79 Å². The van der Waals surface area contributed by atoms with Gasteiger partial charge >= 0.3 is 0 Å². The lowest BCUT2D eigenvalue weighted by molar-refractivity contribution is -0.138. The molecule has 7 heteroatoms. The monoisotopic (exact) mass is 313 g/mol. The smallest absolute Gasteiger partial charge is 0.229 e. The lowest BCUT2D eigenvalue weighted by Crippen LogP contribution is -2.42. The summed E-state index contributed by atoms with van der Waals surface area (Å²) in [7, 11) is 1.80. The number of halogens is 2. The lowest BCUT2D eigenvalue weighted by Gasteiger charge is -2.27. The Morgan fingerprint density at radius 3 is 2.44 bits per heavy atom. The van der Waals surface area contributed by atoms with Crippen LogP contribution in [0.15, 0.2) is 5.51 Å². The Hall–Kier alpha value is -0.360. The van der Waals surface area contributed by atoms with Gasteiger partial charge in [0.1, 0.15) is 0 Å². The summed E-state index contributed by atoms with van der Waals surface area (Å²) in [5, 5.41) is 0. The van der Waals surface area contributed by atoms with Gasteiger partial charge in [-0.25, -0.2) is 4.98 Å². The molecule has 1 aromatic rings. The summed E-state index contributed by atoms with van der Waals surface area (Å²) in [6.45, 7) is 6.66. The van der Waals surface area contributed by atoms with Crippen LogP contribution in [0.4, 0.5) is 0 Å². The molecule has 0 aliphatic heterocycles. The van der Waals surface area contributed by atoms with Gasteiger partial charge in [0, 0.05) is 18.5 Å². The van der Waals surface area contributed by atoms with Crippen LogP contribution in [0.1, 0.15) is 24.4 Å². The standard InChI is InChI=1S/C11H19N3OS.2ClH/c1-8-9(16-7-13-8)5-14(4)10(15)11(2,3)6-12;;/h7H,5-6,12H2,1-4H3;2*1H. The molecule has 1 amide bonds. The number of aromatic nitrogens is 1. The minimum atomic E-state index is -0.493. The normalized spacial score (nSPS) is 10.3. The van der Waals surface area contributed by atoms with Crippen LogP contribution in [-0.4, -0.2) is 29.4 Å².